The average Bonchev–Trinajstić information content (AvgIpc) is 2.97. The van der Waals surface area contributed by atoms with Crippen LogP contribution >= 0.6 is 12.2 Å². The SMILES string of the molecule is CCc1ccccc1NC(=S)NCCC[NH+]1CCCC1. The van der Waals surface area contributed by atoms with Gasteiger partial charge < -0.3 is 15.5 Å². The maximum absolute atomic E-state index is 5.36. The molecule has 1 heterocycles. The first-order valence-corrected chi connectivity index (χ1v) is 8.16. The molecule has 0 aliphatic carbocycles. The Kier molecular flexibility index (Phi) is 6.27. The molecule has 0 saturated carbocycles. The van der Waals surface area contributed by atoms with E-state index >= 15 is 0 Å². The molecule has 1 fully saturated rings. The molecule has 0 radical (unpaired) electrons. The summed E-state index contributed by atoms with van der Waals surface area (Å²) < 4.78 is 0. The van der Waals surface area contributed by atoms with E-state index in [0.717, 1.165) is 23.8 Å². The number of hydrogen-bond donors (Lipinski definition) is 3. The van der Waals surface area contributed by atoms with Crippen molar-refractivity contribution in [3.05, 3.63) is 29.8 Å². The first-order valence-electron chi connectivity index (χ1n) is 7.76. The molecular weight excluding hydrogens is 266 g/mol. The third-order valence-corrected chi connectivity index (χ3v) is 4.20. The Labute approximate surface area is 127 Å². The van der Waals surface area contributed by atoms with E-state index in [1.165, 1.54) is 44.5 Å². The molecule has 3 N–H and O–H groups in total. The second-order valence-corrected chi connectivity index (χ2v) is 5.86. The molecule has 1 aromatic carbocycles. The molecule has 1 saturated heterocycles. The highest BCUT2D eigenvalue weighted by Crippen LogP contribution is 2.14. The van der Waals surface area contributed by atoms with Crippen LogP contribution in [-0.4, -0.2) is 31.3 Å². The van der Waals surface area contributed by atoms with Crippen molar-refractivity contribution in [1.29, 1.82) is 0 Å². The molecule has 3 nitrogen and oxygen atoms in total. The second kappa shape index (κ2) is 8.22. The van der Waals surface area contributed by atoms with Crippen LogP contribution in [-0.2, 0) is 6.42 Å². The third-order valence-electron chi connectivity index (χ3n) is 3.95. The number of benzene rings is 1. The summed E-state index contributed by atoms with van der Waals surface area (Å²) in [7, 11) is 0. The van der Waals surface area contributed by atoms with Crippen molar-refractivity contribution in [1.82, 2.24) is 5.32 Å². The Hall–Kier alpha value is -1.13. The molecule has 1 aliphatic rings. The maximum atomic E-state index is 5.36. The minimum Gasteiger partial charge on any atom is -0.362 e. The lowest BCUT2D eigenvalue weighted by Gasteiger charge is -2.15. The lowest BCUT2D eigenvalue weighted by atomic mass is 10.1. The molecule has 20 heavy (non-hydrogen) atoms. The van der Waals surface area contributed by atoms with Crippen LogP contribution in [0.25, 0.3) is 0 Å². The van der Waals surface area contributed by atoms with Crippen molar-refractivity contribution in [3.63, 3.8) is 0 Å². The molecule has 0 unspecified atom stereocenters. The molecule has 0 amide bonds. The Morgan fingerprint density at radius 1 is 1.25 bits per heavy atom. The summed E-state index contributed by atoms with van der Waals surface area (Å²) in [5.74, 6) is 0. The number of likely N-dealkylation sites (tertiary alicyclic amines) is 1. The number of hydrogen-bond acceptors (Lipinski definition) is 1. The van der Waals surface area contributed by atoms with Crippen LogP contribution in [0.3, 0.4) is 0 Å². The molecule has 4 heteroatoms. The van der Waals surface area contributed by atoms with Gasteiger partial charge in [0.25, 0.3) is 0 Å². The number of thiocarbonyl (C=S) groups is 1. The highest BCUT2D eigenvalue weighted by atomic mass is 32.1. The van der Waals surface area contributed by atoms with Crippen LogP contribution in [0.4, 0.5) is 5.69 Å². The summed E-state index contributed by atoms with van der Waals surface area (Å²) >= 11 is 5.36. The van der Waals surface area contributed by atoms with Crippen LogP contribution in [0.2, 0.25) is 0 Å². The number of quaternary nitrogens is 1. The normalized spacial score (nSPS) is 15.2. The zero-order valence-electron chi connectivity index (χ0n) is 12.4. The average molecular weight is 292 g/mol. The van der Waals surface area contributed by atoms with E-state index < -0.39 is 0 Å². The monoisotopic (exact) mass is 292 g/mol. The molecule has 1 aliphatic heterocycles. The quantitative estimate of drug-likeness (QED) is 0.549. The van der Waals surface area contributed by atoms with Crippen molar-refractivity contribution in [3.8, 4) is 0 Å². The van der Waals surface area contributed by atoms with Gasteiger partial charge in [-0.05, 0) is 30.3 Å². The second-order valence-electron chi connectivity index (χ2n) is 5.45. The summed E-state index contributed by atoms with van der Waals surface area (Å²) in [5, 5.41) is 7.36. The van der Waals surface area contributed by atoms with Crippen LogP contribution in [0.5, 0.6) is 0 Å². The predicted octanol–water partition coefficient (Wildman–Crippen LogP) is 1.60. The first-order chi connectivity index (χ1) is 9.79. The number of rotatable bonds is 6. The Morgan fingerprint density at radius 2 is 2.00 bits per heavy atom. The van der Waals surface area contributed by atoms with Crippen molar-refractivity contribution < 1.29 is 4.90 Å². The standard InChI is InChI=1S/C16H25N3S/c1-2-14-8-3-4-9-15(14)18-16(20)17-10-7-13-19-11-5-6-12-19/h3-4,8-9H,2,5-7,10-13H2,1H3,(H2,17,18,20)/p+1. The van der Waals surface area contributed by atoms with Gasteiger partial charge in [0.05, 0.1) is 19.6 Å². The first kappa shape index (κ1) is 15.3. The predicted molar refractivity (Wildman–Crippen MR) is 89.5 cm³/mol. The fourth-order valence-corrected chi connectivity index (χ4v) is 2.99. The molecule has 0 atom stereocenters. The topological polar surface area (TPSA) is 28.5 Å². The molecule has 110 valence electrons. The zero-order chi connectivity index (χ0) is 14.2. The van der Waals surface area contributed by atoms with Crippen molar-refractivity contribution in [2.75, 3.05) is 31.5 Å². The van der Waals surface area contributed by atoms with Crippen LogP contribution in [0, 0.1) is 0 Å². The number of anilines is 1. The number of para-hydroxylation sites is 1. The maximum Gasteiger partial charge on any atom is 0.170 e. The van der Waals surface area contributed by atoms with Crippen LogP contribution in [0.15, 0.2) is 24.3 Å². The van der Waals surface area contributed by atoms with Gasteiger partial charge in [0, 0.05) is 31.5 Å². The summed E-state index contributed by atoms with van der Waals surface area (Å²) in [6, 6.07) is 8.34. The van der Waals surface area contributed by atoms with Gasteiger partial charge in [0.1, 0.15) is 0 Å². The van der Waals surface area contributed by atoms with E-state index in [1.807, 2.05) is 6.07 Å². The van der Waals surface area contributed by atoms with E-state index in [-0.39, 0.29) is 0 Å². The van der Waals surface area contributed by atoms with Gasteiger partial charge in [-0.15, -0.1) is 0 Å². The molecular formula is C16H26N3S+. The van der Waals surface area contributed by atoms with Gasteiger partial charge >= 0.3 is 0 Å². The minimum absolute atomic E-state index is 0.738. The Morgan fingerprint density at radius 3 is 2.75 bits per heavy atom. The van der Waals surface area contributed by atoms with Gasteiger partial charge in [-0.25, -0.2) is 0 Å². The van der Waals surface area contributed by atoms with Crippen molar-refractivity contribution >= 4 is 23.0 Å². The molecule has 0 spiro atoms. The van der Waals surface area contributed by atoms with E-state index in [0.29, 0.717) is 0 Å². The van der Waals surface area contributed by atoms with E-state index in [1.54, 1.807) is 4.90 Å². The molecule has 0 bridgehead atoms. The summed E-state index contributed by atoms with van der Waals surface area (Å²) in [6.45, 7) is 7.10. The van der Waals surface area contributed by atoms with Gasteiger partial charge in [-0.1, -0.05) is 25.1 Å². The highest BCUT2D eigenvalue weighted by Gasteiger charge is 2.13. The molecule has 1 aromatic rings. The Bertz CT molecular complexity index is 427. The fraction of sp³-hybridized carbons (Fsp3) is 0.562. The lowest BCUT2D eigenvalue weighted by Crippen LogP contribution is -3.10. The van der Waals surface area contributed by atoms with E-state index in [4.69, 9.17) is 12.2 Å². The van der Waals surface area contributed by atoms with Gasteiger partial charge in [-0.3, -0.25) is 0 Å². The van der Waals surface area contributed by atoms with E-state index in [2.05, 4.69) is 35.8 Å². The Balaban J connectivity index is 1.67. The summed E-state index contributed by atoms with van der Waals surface area (Å²) in [5.41, 5.74) is 2.43. The van der Waals surface area contributed by atoms with Crippen molar-refractivity contribution in [2.45, 2.75) is 32.6 Å². The fourth-order valence-electron chi connectivity index (χ4n) is 2.78. The smallest absolute Gasteiger partial charge is 0.170 e. The van der Waals surface area contributed by atoms with Gasteiger partial charge in [0.15, 0.2) is 5.11 Å². The van der Waals surface area contributed by atoms with Crippen molar-refractivity contribution in [2.24, 2.45) is 0 Å². The highest BCUT2D eigenvalue weighted by molar-refractivity contribution is 7.80. The lowest BCUT2D eigenvalue weighted by molar-refractivity contribution is -0.887. The largest absolute Gasteiger partial charge is 0.362 e. The van der Waals surface area contributed by atoms with Gasteiger partial charge in [0.2, 0.25) is 0 Å². The number of aryl methyl sites for hydroxylation is 1. The molecule has 2 rings (SSSR count). The third kappa shape index (κ3) is 4.76. The van der Waals surface area contributed by atoms with Crippen LogP contribution in [0.1, 0.15) is 31.7 Å². The summed E-state index contributed by atoms with van der Waals surface area (Å²) in [6.07, 6.45) is 5.00. The van der Waals surface area contributed by atoms with Gasteiger partial charge in [-0.2, -0.15) is 0 Å². The van der Waals surface area contributed by atoms with Crippen LogP contribution < -0.4 is 15.5 Å². The minimum atomic E-state index is 0.738. The summed E-state index contributed by atoms with van der Waals surface area (Å²) in [4.78, 5) is 1.75. The van der Waals surface area contributed by atoms with E-state index in [9.17, 15) is 0 Å². The molecule has 0 aromatic heterocycles. The zero-order valence-corrected chi connectivity index (χ0v) is 13.2. The number of nitrogens with one attached hydrogen (secondary N) is 3.